The summed E-state index contributed by atoms with van der Waals surface area (Å²) in [4.78, 5) is 0. The van der Waals surface area contributed by atoms with Crippen molar-refractivity contribution in [2.75, 3.05) is 13.2 Å². The van der Waals surface area contributed by atoms with Crippen molar-refractivity contribution >= 4 is 11.0 Å². The zero-order chi connectivity index (χ0) is 38.5. The molecule has 0 bridgehead atoms. The molecule has 3 aliphatic heterocycles. The molecule has 15 atom stereocenters. The van der Waals surface area contributed by atoms with Crippen LogP contribution in [0.25, 0.3) is 22.3 Å². The molecule has 3 aromatic rings. The number of rotatable bonds is 9. The highest BCUT2D eigenvalue weighted by Gasteiger charge is 2.48. The van der Waals surface area contributed by atoms with E-state index in [1.54, 1.807) is 0 Å². The van der Waals surface area contributed by atoms with Gasteiger partial charge in [-0.1, -0.05) is 0 Å². The number of phenolic OH excluding ortho intramolecular Hbond substituents is 3. The van der Waals surface area contributed by atoms with Gasteiger partial charge in [-0.15, -0.1) is 0 Å². The highest BCUT2D eigenvalue weighted by atomic mass is 16.7. The highest BCUT2D eigenvalue weighted by Crippen LogP contribution is 2.43. The van der Waals surface area contributed by atoms with Crippen molar-refractivity contribution in [1.29, 1.82) is 0 Å². The summed E-state index contributed by atoms with van der Waals surface area (Å²) in [6.45, 7) is 0.128. The standard InChI is InChI=1S/C33H40O20/c1-10-21(38)24(41)27(44)31(48-10)47-9-20-23(40)26(43)29(46)33(53-20)51-18-7-13-15(36)5-12(49-32-28(45)25(42)22(39)19(8-34)52-32)6-17(13)50-30(18)11-2-3-14(35)16(37)4-11/h2-7,10,19-29,31-34,38-46H,8-9H2,1H3,(H2-,35,36,37)/p+1/t10-,19+,20+,21-,22+,23+,24+,25-,26-,27-,28+,29+,31+,32+,33+/m0/s1. The van der Waals surface area contributed by atoms with Crippen LogP contribution in [0.1, 0.15) is 6.92 Å². The Labute approximate surface area is 299 Å². The number of ether oxygens (including phenoxy) is 6. The lowest BCUT2D eigenvalue weighted by Gasteiger charge is -2.42. The van der Waals surface area contributed by atoms with Crippen LogP contribution in [0, 0.1) is 0 Å². The zero-order valence-electron chi connectivity index (χ0n) is 27.7. The van der Waals surface area contributed by atoms with E-state index in [2.05, 4.69) is 0 Å². The number of benzene rings is 2. The Kier molecular flexibility index (Phi) is 11.5. The van der Waals surface area contributed by atoms with Crippen LogP contribution in [-0.4, -0.2) is 172 Å². The molecule has 0 aliphatic carbocycles. The van der Waals surface area contributed by atoms with Gasteiger partial charge in [-0.2, -0.15) is 0 Å². The lowest BCUT2D eigenvalue weighted by atomic mass is 9.98. The Bertz CT molecular complexity index is 1740. The molecule has 6 rings (SSSR count). The fraction of sp³-hybridized carbons (Fsp3) is 0.545. The molecular formula is C33H41O20+. The number of phenols is 3. The van der Waals surface area contributed by atoms with E-state index in [0.29, 0.717) is 0 Å². The maximum absolute atomic E-state index is 11.0. The van der Waals surface area contributed by atoms with Crippen molar-refractivity contribution in [2.24, 2.45) is 0 Å². The van der Waals surface area contributed by atoms with Crippen molar-refractivity contribution < 1.29 is 99.2 Å². The summed E-state index contributed by atoms with van der Waals surface area (Å²) in [5.41, 5.74) is -0.0417. The summed E-state index contributed by atoms with van der Waals surface area (Å²) in [5, 5.41) is 134. The lowest BCUT2D eigenvalue weighted by molar-refractivity contribution is -0.318. The van der Waals surface area contributed by atoms with Crippen LogP contribution in [0.5, 0.6) is 28.7 Å². The Morgan fingerprint density at radius 3 is 1.87 bits per heavy atom. The Morgan fingerprint density at radius 1 is 0.604 bits per heavy atom. The normalized spacial score (nSPS) is 37.8. The van der Waals surface area contributed by atoms with Gasteiger partial charge in [-0.25, -0.2) is 4.42 Å². The summed E-state index contributed by atoms with van der Waals surface area (Å²) in [6.07, 6.45) is -24.0. The highest BCUT2D eigenvalue weighted by molar-refractivity contribution is 5.88. The van der Waals surface area contributed by atoms with Crippen molar-refractivity contribution in [3.63, 3.8) is 0 Å². The molecule has 3 aliphatic rings. The first kappa shape index (κ1) is 39.0. The molecule has 0 radical (unpaired) electrons. The molecule has 1 aromatic heterocycles. The summed E-state index contributed by atoms with van der Waals surface area (Å²) in [7, 11) is 0. The van der Waals surface area contributed by atoms with Gasteiger partial charge in [-0.05, 0) is 19.1 Å². The first-order valence-corrected chi connectivity index (χ1v) is 16.4. The first-order valence-electron chi connectivity index (χ1n) is 16.4. The van der Waals surface area contributed by atoms with E-state index < -0.39 is 123 Å². The van der Waals surface area contributed by atoms with Gasteiger partial charge in [0.15, 0.2) is 17.8 Å². The molecule has 292 valence electrons. The van der Waals surface area contributed by atoms with E-state index in [1.807, 2.05) is 0 Å². The van der Waals surface area contributed by atoms with Gasteiger partial charge in [0, 0.05) is 18.2 Å². The van der Waals surface area contributed by atoms with Gasteiger partial charge >= 0.3 is 11.3 Å². The van der Waals surface area contributed by atoms with Crippen molar-refractivity contribution in [3.8, 4) is 40.1 Å². The van der Waals surface area contributed by atoms with Crippen LogP contribution in [0.15, 0.2) is 40.8 Å². The number of aromatic hydroxyl groups is 3. The van der Waals surface area contributed by atoms with Gasteiger partial charge in [0.05, 0.1) is 30.9 Å². The number of aliphatic hydroxyl groups is 10. The van der Waals surface area contributed by atoms with E-state index in [-0.39, 0.29) is 33.8 Å². The van der Waals surface area contributed by atoms with Gasteiger partial charge in [-0.3, -0.25) is 0 Å². The molecule has 20 nitrogen and oxygen atoms in total. The molecule has 13 N–H and O–H groups in total. The summed E-state index contributed by atoms with van der Waals surface area (Å²) < 4.78 is 39.7. The van der Waals surface area contributed by atoms with Crippen molar-refractivity contribution in [2.45, 2.75) is 99.0 Å². The van der Waals surface area contributed by atoms with Gasteiger partial charge in [0.2, 0.25) is 18.3 Å². The maximum Gasteiger partial charge on any atom is 0.402 e. The van der Waals surface area contributed by atoms with E-state index in [0.717, 1.165) is 18.2 Å². The molecule has 20 heteroatoms. The predicted octanol–water partition coefficient (Wildman–Crippen LogP) is -3.29. The lowest BCUT2D eigenvalue weighted by Crippen LogP contribution is -2.61. The Hall–Kier alpha value is -3.71. The van der Waals surface area contributed by atoms with Crippen LogP contribution in [0.3, 0.4) is 0 Å². The minimum atomic E-state index is -1.91. The average molecular weight is 758 g/mol. The number of aliphatic hydroxyl groups excluding tert-OH is 10. The topological polar surface area (TPSA) is 330 Å². The smallest absolute Gasteiger partial charge is 0.402 e. The monoisotopic (exact) mass is 757 g/mol. The molecule has 0 amide bonds. The molecule has 0 unspecified atom stereocenters. The zero-order valence-corrected chi connectivity index (χ0v) is 27.7. The molecule has 3 fully saturated rings. The van der Waals surface area contributed by atoms with E-state index in [1.165, 1.54) is 25.1 Å². The second-order valence-corrected chi connectivity index (χ2v) is 13.0. The van der Waals surface area contributed by atoms with Crippen molar-refractivity contribution in [3.05, 3.63) is 36.4 Å². The van der Waals surface area contributed by atoms with E-state index in [9.17, 15) is 66.4 Å². The molecule has 2 aromatic carbocycles. The Morgan fingerprint density at radius 2 is 1.21 bits per heavy atom. The molecular weight excluding hydrogens is 716 g/mol. The van der Waals surface area contributed by atoms with Crippen LogP contribution >= 0.6 is 0 Å². The van der Waals surface area contributed by atoms with Gasteiger partial charge in [0.1, 0.15) is 84.0 Å². The first-order chi connectivity index (χ1) is 25.1. The minimum absolute atomic E-state index is 0.0445. The number of hydrogen-bond acceptors (Lipinski definition) is 19. The number of fused-ring (bicyclic) bond motifs is 1. The predicted molar refractivity (Wildman–Crippen MR) is 171 cm³/mol. The molecule has 0 spiro atoms. The molecule has 4 heterocycles. The third-order valence-electron chi connectivity index (χ3n) is 9.29. The minimum Gasteiger partial charge on any atom is -0.507 e. The van der Waals surface area contributed by atoms with Crippen LogP contribution in [0.4, 0.5) is 0 Å². The second kappa shape index (κ2) is 15.6. The van der Waals surface area contributed by atoms with E-state index >= 15 is 0 Å². The Balaban J connectivity index is 1.30. The average Bonchev–Trinajstić information content (AvgIpc) is 3.13. The van der Waals surface area contributed by atoms with Gasteiger partial charge < -0.3 is 94.8 Å². The summed E-state index contributed by atoms with van der Waals surface area (Å²) in [5.74, 6) is -2.22. The fourth-order valence-electron chi connectivity index (χ4n) is 6.11. The van der Waals surface area contributed by atoms with E-state index in [4.69, 9.17) is 32.8 Å². The third-order valence-corrected chi connectivity index (χ3v) is 9.29. The SMILES string of the molecule is C[C@@H]1O[C@@H](OC[C@H]2O[C@@H](Oc3cc4c(O)cc(O[C@@H]5O[C@H](CO)[C@@H](O)[C@H](O)[C@H]5O)cc4[o+]c3-c3ccc(O)c(O)c3)[C@H](O)[C@@H](O)[C@@H]2O)[C@@H](O)[C@H](O)[C@H]1O. The van der Waals surface area contributed by atoms with Crippen LogP contribution < -0.4 is 9.47 Å². The second-order valence-electron chi connectivity index (χ2n) is 13.0. The largest absolute Gasteiger partial charge is 0.507 e. The quantitative estimate of drug-likeness (QED) is 0.0751. The third kappa shape index (κ3) is 7.65. The maximum atomic E-state index is 11.0. The number of hydrogen-bond donors (Lipinski definition) is 13. The van der Waals surface area contributed by atoms with Crippen molar-refractivity contribution in [1.82, 2.24) is 0 Å². The van der Waals surface area contributed by atoms with Crippen LogP contribution in [-0.2, 0) is 18.9 Å². The molecule has 0 saturated carbocycles. The fourth-order valence-corrected chi connectivity index (χ4v) is 6.11. The summed E-state index contributed by atoms with van der Waals surface area (Å²) in [6, 6.07) is 7.08. The molecule has 3 saturated heterocycles. The van der Waals surface area contributed by atoms with Gasteiger partial charge in [0.25, 0.3) is 0 Å². The molecule has 53 heavy (non-hydrogen) atoms. The summed E-state index contributed by atoms with van der Waals surface area (Å²) >= 11 is 0. The van der Waals surface area contributed by atoms with Crippen LogP contribution in [0.2, 0.25) is 0 Å².